The molecule has 1 saturated heterocycles. The van der Waals surface area contributed by atoms with Gasteiger partial charge in [0.15, 0.2) is 0 Å². The number of nitrogens with zero attached hydrogens (tertiary/aromatic N) is 3. The lowest BCUT2D eigenvalue weighted by atomic mass is 9.91. The summed E-state index contributed by atoms with van der Waals surface area (Å²) in [4.78, 5) is 20.8. The summed E-state index contributed by atoms with van der Waals surface area (Å²) in [6.45, 7) is 3.69. The highest BCUT2D eigenvalue weighted by Crippen LogP contribution is 2.36. The number of thiophene rings is 1. The lowest BCUT2D eigenvalue weighted by Gasteiger charge is -2.37. The van der Waals surface area contributed by atoms with Crippen LogP contribution in [0, 0.1) is 0 Å². The zero-order chi connectivity index (χ0) is 18.5. The van der Waals surface area contributed by atoms with Gasteiger partial charge in [-0.05, 0) is 25.8 Å². The molecule has 0 bridgehead atoms. The molecule has 3 heterocycles. The first-order valence-corrected chi connectivity index (χ1v) is 9.90. The number of benzene rings is 1. The summed E-state index contributed by atoms with van der Waals surface area (Å²) < 4.78 is 1.65. The standard InChI is InChI=1S/C19H21ClN4OS/c1-19(21)7-9-24(10-8-19)18-22-16-15(17(25)23(18)2)13(11-26-16)12-5-3-4-6-14(12)20/h3-6,11H,7-10,21H2,1-2H3. The molecule has 7 heteroatoms. The molecule has 26 heavy (non-hydrogen) atoms. The summed E-state index contributed by atoms with van der Waals surface area (Å²) in [5, 5.41) is 3.24. The van der Waals surface area contributed by atoms with Crippen LogP contribution in [0.2, 0.25) is 5.02 Å². The number of hydrogen-bond acceptors (Lipinski definition) is 5. The summed E-state index contributed by atoms with van der Waals surface area (Å²) in [7, 11) is 1.79. The second-order valence-corrected chi connectivity index (χ2v) is 8.49. The maximum Gasteiger partial charge on any atom is 0.264 e. The topological polar surface area (TPSA) is 64.2 Å². The van der Waals surface area contributed by atoms with E-state index in [-0.39, 0.29) is 11.1 Å². The van der Waals surface area contributed by atoms with E-state index < -0.39 is 0 Å². The number of rotatable bonds is 2. The van der Waals surface area contributed by atoms with E-state index in [4.69, 9.17) is 22.3 Å². The van der Waals surface area contributed by atoms with Gasteiger partial charge in [-0.2, -0.15) is 0 Å². The van der Waals surface area contributed by atoms with Crippen molar-refractivity contribution in [3.63, 3.8) is 0 Å². The molecule has 1 aliphatic rings. The van der Waals surface area contributed by atoms with E-state index in [0.717, 1.165) is 41.9 Å². The second kappa shape index (κ2) is 6.37. The molecule has 0 spiro atoms. The van der Waals surface area contributed by atoms with Crippen LogP contribution in [0.25, 0.3) is 21.3 Å². The van der Waals surface area contributed by atoms with Gasteiger partial charge in [0.1, 0.15) is 4.83 Å². The lowest BCUT2D eigenvalue weighted by molar-refractivity contribution is 0.360. The first kappa shape index (κ1) is 17.5. The fourth-order valence-electron chi connectivity index (χ4n) is 3.44. The molecule has 0 aliphatic carbocycles. The van der Waals surface area contributed by atoms with Crippen molar-refractivity contribution in [1.29, 1.82) is 0 Å². The van der Waals surface area contributed by atoms with Crippen LogP contribution in [-0.2, 0) is 7.05 Å². The fraction of sp³-hybridized carbons (Fsp3) is 0.368. The van der Waals surface area contributed by atoms with Crippen molar-refractivity contribution in [3.05, 3.63) is 45.0 Å². The van der Waals surface area contributed by atoms with Crippen LogP contribution in [0.3, 0.4) is 0 Å². The maximum atomic E-state index is 13.1. The van der Waals surface area contributed by atoms with Gasteiger partial charge in [0.2, 0.25) is 5.95 Å². The first-order valence-electron chi connectivity index (χ1n) is 8.64. The van der Waals surface area contributed by atoms with Gasteiger partial charge in [-0.3, -0.25) is 9.36 Å². The van der Waals surface area contributed by atoms with Crippen molar-refractivity contribution in [2.75, 3.05) is 18.0 Å². The van der Waals surface area contributed by atoms with Crippen molar-refractivity contribution in [2.45, 2.75) is 25.3 Å². The molecule has 1 fully saturated rings. The Bertz CT molecular complexity index is 1030. The lowest BCUT2D eigenvalue weighted by Crippen LogP contribution is -2.49. The zero-order valence-corrected chi connectivity index (χ0v) is 16.4. The Labute approximate surface area is 161 Å². The predicted molar refractivity (Wildman–Crippen MR) is 109 cm³/mol. The van der Waals surface area contributed by atoms with Gasteiger partial charge in [-0.1, -0.05) is 29.8 Å². The Morgan fingerprint density at radius 2 is 1.92 bits per heavy atom. The number of halogens is 1. The molecular weight excluding hydrogens is 368 g/mol. The molecule has 1 aliphatic heterocycles. The molecule has 1 aromatic carbocycles. The number of piperidine rings is 1. The van der Waals surface area contributed by atoms with E-state index in [9.17, 15) is 4.79 Å². The quantitative estimate of drug-likeness (QED) is 0.728. The van der Waals surface area contributed by atoms with Crippen LogP contribution in [0.1, 0.15) is 19.8 Å². The molecule has 0 amide bonds. The van der Waals surface area contributed by atoms with E-state index >= 15 is 0 Å². The normalized spacial score (nSPS) is 17.0. The molecule has 0 radical (unpaired) electrons. The third-order valence-electron chi connectivity index (χ3n) is 5.14. The van der Waals surface area contributed by atoms with Gasteiger partial charge in [-0.15, -0.1) is 11.3 Å². The molecule has 0 unspecified atom stereocenters. The van der Waals surface area contributed by atoms with E-state index in [1.54, 1.807) is 11.6 Å². The van der Waals surface area contributed by atoms with Crippen molar-refractivity contribution >= 4 is 39.1 Å². The summed E-state index contributed by atoms with van der Waals surface area (Å²) in [6.07, 6.45) is 1.77. The molecule has 136 valence electrons. The molecule has 0 atom stereocenters. The van der Waals surface area contributed by atoms with Gasteiger partial charge in [0.25, 0.3) is 5.56 Å². The Kier molecular flexibility index (Phi) is 4.29. The van der Waals surface area contributed by atoms with Gasteiger partial charge >= 0.3 is 0 Å². The van der Waals surface area contributed by atoms with Gasteiger partial charge in [0, 0.05) is 47.2 Å². The fourth-order valence-corrected chi connectivity index (χ4v) is 4.60. The molecule has 2 aromatic heterocycles. The molecule has 4 rings (SSSR count). The van der Waals surface area contributed by atoms with E-state index in [1.807, 2.05) is 29.6 Å². The number of fused-ring (bicyclic) bond motifs is 1. The van der Waals surface area contributed by atoms with Gasteiger partial charge in [0.05, 0.1) is 5.39 Å². The van der Waals surface area contributed by atoms with Gasteiger partial charge in [-0.25, -0.2) is 4.98 Å². The van der Waals surface area contributed by atoms with Crippen LogP contribution >= 0.6 is 22.9 Å². The van der Waals surface area contributed by atoms with Gasteiger partial charge < -0.3 is 10.6 Å². The number of hydrogen-bond donors (Lipinski definition) is 1. The first-order chi connectivity index (χ1) is 12.4. The van der Waals surface area contributed by atoms with E-state index in [1.165, 1.54) is 11.3 Å². The van der Waals surface area contributed by atoms with Crippen LogP contribution in [0.4, 0.5) is 5.95 Å². The minimum Gasteiger partial charge on any atom is -0.342 e. The van der Waals surface area contributed by atoms with Crippen LogP contribution in [0.15, 0.2) is 34.4 Å². The average Bonchev–Trinajstić information content (AvgIpc) is 3.03. The monoisotopic (exact) mass is 388 g/mol. The molecule has 2 N–H and O–H groups in total. The number of anilines is 1. The molecule has 5 nitrogen and oxygen atoms in total. The Hall–Kier alpha value is -1.89. The number of aromatic nitrogens is 2. The van der Waals surface area contributed by atoms with Crippen LogP contribution in [-0.4, -0.2) is 28.2 Å². The third-order valence-corrected chi connectivity index (χ3v) is 6.35. The number of nitrogens with two attached hydrogens (primary N) is 1. The predicted octanol–water partition coefficient (Wildman–Crippen LogP) is 3.63. The Morgan fingerprint density at radius 1 is 1.23 bits per heavy atom. The van der Waals surface area contributed by atoms with Crippen molar-refractivity contribution in [2.24, 2.45) is 12.8 Å². The second-order valence-electron chi connectivity index (χ2n) is 7.23. The smallest absolute Gasteiger partial charge is 0.264 e. The minimum atomic E-state index is -0.139. The largest absolute Gasteiger partial charge is 0.342 e. The SMILES string of the molecule is Cn1c(N2CCC(C)(N)CC2)nc2scc(-c3ccccc3Cl)c2c1=O. The van der Waals surface area contributed by atoms with E-state index in [2.05, 4.69) is 11.8 Å². The highest BCUT2D eigenvalue weighted by molar-refractivity contribution is 7.17. The molecular formula is C19H21ClN4OS. The Morgan fingerprint density at radius 3 is 2.62 bits per heavy atom. The molecule has 3 aromatic rings. The summed E-state index contributed by atoms with van der Waals surface area (Å²) in [5.41, 5.74) is 7.77. The van der Waals surface area contributed by atoms with Crippen molar-refractivity contribution < 1.29 is 0 Å². The van der Waals surface area contributed by atoms with E-state index in [0.29, 0.717) is 16.4 Å². The van der Waals surface area contributed by atoms with Crippen LogP contribution in [0.5, 0.6) is 0 Å². The minimum absolute atomic E-state index is 0.0396. The third kappa shape index (κ3) is 2.92. The van der Waals surface area contributed by atoms with Crippen molar-refractivity contribution in [1.82, 2.24) is 9.55 Å². The summed E-state index contributed by atoms with van der Waals surface area (Å²) >= 11 is 7.83. The Balaban J connectivity index is 1.82. The molecule has 0 saturated carbocycles. The highest BCUT2D eigenvalue weighted by atomic mass is 35.5. The maximum absolute atomic E-state index is 13.1. The highest BCUT2D eigenvalue weighted by Gasteiger charge is 2.28. The zero-order valence-electron chi connectivity index (χ0n) is 14.8. The summed E-state index contributed by atoms with van der Waals surface area (Å²) in [5.74, 6) is 0.713. The van der Waals surface area contributed by atoms with Crippen LogP contribution < -0.4 is 16.2 Å². The summed E-state index contributed by atoms with van der Waals surface area (Å²) in [6, 6.07) is 7.58. The average molecular weight is 389 g/mol. The van der Waals surface area contributed by atoms with Crippen molar-refractivity contribution in [3.8, 4) is 11.1 Å².